The maximum absolute atomic E-state index is 12.4. The summed E-state index contributed by atoms with van der Waals surface area (Å²) in [6.45, 7) is 4.15. The number of hydrogen-bond donors (Lipinski definition) is 4. The predicted octanol–water partition coefficient (Wildman–Crippen LogP) is 12.4. The van der Waals surface area contributed by atoms with Crippen molar-refractivity contribution >= 4 is 5.91 Å². The molecule has 0 saturated heterocycles. The predicted molar refractivity (Wildman–Crippen MR) is 218 cm³/mol. The number of unbranched alkanes of at least 4 members (excludes halogenated alkanes) is 26. The first-order chi connectivity index (χ1) is 24.5. The summed E-state index contributed by atoms with van der Waals surface area (Å²) in [4.78, 5) is 12.4. The molecule has 0 aliphatic rings. The minimum absolute atomic E-state index is 0.00495. The Morgan fingerprint density at radius 2 is 0.860 bits per heavy atom. The van der Waals surface area contributed by atoms with E-state index in [0.717, 1.165) is 32.1 Å². The summed E-state index contributed by atoms with van der Waals surface area (Å²) in [5.74, 6) is -0.329. The van der Waals surface area contributed by atoms with E-state index in [0.29, 0.717) is 6.42 Å². The van der Waals surface area contributed by atoms with Crippen molar-refractivity contribution in [2.75, 3.05) is 6.61 Å². The first-order valence-corrected chi connectivity index (χ1v) is 21.8. The highest BCUT2D eigenvalue weighted by Gasteiger charge is 2.20. The Bertz CT molecular complexity index is 779. The largest absolute Gasteiger partial charge is 0.394 e. The molecule has 0 spiro atoms. The van der Waals surface area contributed by atoms with Crippen LogP contribution in [0.3, 0.4) is 0 Å². The molecule has 0 aliphatic heterocycles. The highest BCUT2D eigenvalue weighted by Crippen LogP contribution is 2.15. The third kappa shape index (κ3) is 36.4. The Balaban J connectivity index is 3.57. The van der Waals surface area contributed by atoms with Gasteiger partial charge >= 0.3 is 0 Å². The van der Waals surface area contributed by atoms with Crippen molar-refractivity contribution in [2.24, 2.45) is 0 Å². The van der Waals surface area contributed by atoms with Crippen LogP contribution in [-0.4, -0.2) is 46.1 Å². The van der Waals surface area contributed by atoms with Crippen LogP contribution in [0, 0.1) is 0 Å². The second-order valence-corrected chi connectivity index (χ2v) is 14.9. The first kappa shape index (κ1) is 48.6. The molecule has 0 rings (SSSR count). The topological polar surface area (TPSA) is 89.8 Å². The Morgan fingerprint density at radius 1 is 0.500 bits per heavy atom. The van der Waals surface area contributed by atoms with Gasteiger partial charge in [-0.2, -0.15) is 0 Å². The van der Waals surface area contributed by atoms with E-state index >= 15 is 0 Å². The molecular weight excluding hydrogens is 618 g/mol. The van der Waals surface area contributed by atoms with E-state index in [4.69, 9.17) is 0 Å². The standard InChI is InChI=1S/C45H85NO4/c1-3-5-7-9-11-13-14-15-16-17-18-19-20-21-22-23-24-25-26-27-28-29-31-32-34-36-38-42(48)40-45(50)46-43(41-47)44(49)39-37-35-33-30-12-10-8-6-4-2/h12,21-22,30,37,39,42-44,47-49H,3-11,13-20,23-29,31-36,38,40-41H2,1-2H3,(H,46,50)/b22-21-,30-12+,39-37+. The van der Waals surface area contributed by atoms with Gasteiger partial charge in [-0.1, -0.05) is 192 Å². The van der Waals surface area contributed by atoms with Crippen LogP contribution in [0.15, 0.2) is 36.5 Å². The number of amides is 1. The maximum atomic E-state index is 12.4. The minimum Gasteiger partial charge on any atom is -0.394 e. The molecule has 0 saturated carbocycles. The number of nitrogens with one attached hydrogen (secondary N) is 1. The molecule has 0 radical (unpaired) electrons. The fourth-order valence-corrected chi connectivity index (χ4v) is 6.53. The smallest absolute Gasteiger partial charge is 0.222 e. The normalized spacial score (nSPS) is 13.9. The molecule has 0 aromatic carbocycles. The molecule has 0 aliphatic carbocycles. The molecule has 0 aromatic rings. The number of carbonyl (C=O) groups excluding carboxylic acids is 1. The number of allylic oxidation sites excluding steroid dienone is 5. The van der Waals surface area contributed by atoms with Crippen LogP contribution in [-0.2, 0) is 4.79 Å². The minimum atomic E-state index is -0.949. The molecule has 3 atom stereocenters. The van der Waals surface area contributed by atoms with Crippen LogP contribution in [0.1, 0.15) is 219 Å². The van der Waals surface area contributed by atoms with E-state index < -0.39 is 18.2 Å². The Kier molecular flexibility index (Phi) is 39.2. The molecule has 0 heterocycles. The molecule has 0 fully saturated rings. The van der Waals surface area contributed by atoms with Crippen molar-refractivity contribution < 1.29 is 20.1 Å². The van der Waals surface area contributed by atoms with Crippen molar-refractivity contribution in [1.29, 1.82) is 0 Å². The highest BCUT2D eigenvalue weighted by molar-refractivity contribution is 5.76. The van der Waals surface area contributed by atoms with E-state index in [1.165, 1.54) is 161 Å². The second kappa shape index (κ2) is 40.3. The first-order valence-electron chi connectivity index (χ1n) is 21.8. The fraction of sp³-hybridized carbons (Fsp3) is 0.844. The molecule has 4 N–H and O–H groups in total. The van der Waals surface area contributed by atoms with Crippen molar-refractivity contribution in [3.8, 4) is 0 Å². The lowest BCUT2D eigenvalue weighted by Crippen LogP contribution is -2.45. The number of carbonyl (C=O) groups is 1. The van der Waals surface area contributed by atoms with Gasteiger partial charge in [0.2, 0.25) is 5.91 Å². The lowest BCUT2D eigenvalue weighted by Gasteiger charge is -2.21. The molecule has 5 nitrogen and oxygen atoms in total. The van der Waals surface area contributed by atoms with Crippen LogP contribution in [0.4, 0.5) is 0 Å². The van der Waals surface area contributed by atoms with Gasteiger partial charge in [-0.05, 0) is 57.8 Å². The molecule has 3 unspecified atom stereocenters. The van der Waals surface area contributed by atoms with Crippen LogP contribution in [0.25, 0.3) is 0 Å². The van der Waals surface area contributed by atoms with Gasteiger partial charge in [-0.3, -0.25) is 4.79 Å². The summed E-state index contributed by atoms with van der Waals surface area (Å²) in [6, 6.07) is -0.758. The van der Waals surface area contributed by atoms with Crippen molar-refractivity contribution in [2.45, 2.75) is 238 Å². The van der Waals surface area contributed by atoms with Crippen molar-refractivity contribution in [3.63, 3.8) is 0 Å². The zero-order valence-electron chi connectivity index (χ0n) is 33.3. The SMILES string of the molecule is CCCCC/C=C/CC/C=C/C(O)C(CO)NC(=O)CC(O)CCCCCCCCCCCC/C=C\CCCCCCCCCCCCCC. The average molecular weight is 704 g/mol. The van der Waals surface area contributed by atoms with Gasteiger partial charge in [0.05, 0.1) is 31.3 Å². The summed E-state index contributed by atoms with van der Waals surface area (Å²) in [5.41, 5.74) is 0. The van der Waals surface area contributed by atoms with Gasteiger partial charge in [0.25, 0.3) is 0 Å². The third-order valence-corrected chi connectivity index (χ3v) is 9.90. The van der Waals surface area contributed by atoms with Crippen LogP contribution < -0.4 is 5.32 Å². The van der Waals surface area contributed by atoms with E-state index in [9.17, 15) is 20.1 Å². The van der Waals surface area contributed by atoms with Crippen LogP contribution in [0.5, 0.6) is 0 Å². The Labute approximate surface area is 311 Å². The molecule has 0 bridgehead atoms. The number of aliphatic hydroxyl groups is 3. The summed E-state index contributed by atoms with van der Waals surface area (Å²) in [7, 11) is 0. The van der Waals surface area contributed by atoms with E-state index in [1.807, 2.05) is 6.08 Å². The van der Waals surface area contributed by atoms with E-state index in [1.54, 1.807) is 6.08 Å². The quantitative estimate of drug-likeness (QED) is 0.0379. The maximum Gasteiger partial charge on any atom is 0.222 e. The summed E-state index contributed by atoms with van der Waals surface area (Å²) in [5, 5.41) is 33.0. The summed E-state index contributed by atoms with van der Waals surface area (Å²) < 4.78 is 0. The highest BCUT2D eigenvalue weighted by atomic mass is 16.3. The second-order valence-electron chi connectivity index (χ2n) is 14.9. The van der Waals surface area contributed by atoms with Gasteiger partial charge in [0.15, 0.2) is 0 Å². The van der Waals surface area contributed by atoms with Gasteiger partial charge in [0, 0.05) is 0 Å². The monoisotopic (exact) mass is 704 g/mol. The average Bonchev–Trinajstić information content (AvgIpc) is 3.11. The third-order valence-electron chi connectivity index (χ3n) is 9.90. The molecule has 294 valence electrons. The number of aliphatic hydroxyl groups excluding tert-OH is 3. The fourth-order valence-electron chi connectivity index (χ4n) is 6.53. The zero-order valence-corrected chi connectivity index (χ0v) is 33.3. The molecule has 0 aromatic heterocycles. The van der Waals surface area contributed by atoms with Gasteiger partial charge in [-0.25, -0.2) is 0 Å². The zero-order chi connectivity index (χ0) is 36.6. The molecule has 5 heteroatoms. The lowest BCUT2D eigenvalue weighted by molar-refractivity contribution is -0.124. The van der Waals surface area contributed by atoms with Crippen molar-refractivity contribution in [3.05, 3.63) is 36.5 Å². The van der Waals surface area contributed by atoms with Gasteiger partial charge < -0.3 is 20.6 Å². The summed E-state index contributed by atoms with van der Waals surface area (Å²) >= 11 is 0. The summed E-state index contributed by atoms with van der Waals surface area (Å²) in [6.07, 6.45) is 50.2. The molecule has 1 amide bonds. The van der Waals surface area contributed by atoms with Crippen LogP contribution >= 0.6 is 0 Å². The van der Waals surface area contributed by atoms with Gasteiger partial charge in [-0.15, -0.1) is 0 Å². The van der Waals surface area contributed by atoms with Crippen LogP contribution in [0.2, 0.25) is 0 Å². The van der Waals surface area contributed by atoms with Gasteiger partial charge in [0.1, 0.15) is 0 Å². The number of rotatable bonds is 39. The molecule has 50 heavy (non-hydrogen) atoms. The Morgan fingerprint density at radius 3 is 1.32 bits per heavy atom. The number of hydrogen-bond acceptors (Lipinski definition) is 4. The Hall–Kier alpha value is -1.43. The lowest BCUT2D eigenvalue weighted by atomic mass is 10.0. The van der Waals surface area contributed by atoms with Crippen molar-refractivity contribution in [1.82, 2.24) is 5.32 Å². The van der Waals surface area contributed by atoms with E-state index in [-0.39, 0.29) is 18.9 Å². The van der Waals surface area contributed by atoms with E-state index in [2.05, 4.69) is 43.5 Å². The molecular formula is C45H85NO4.